The lowest BCUT2D eigenvalue weighted by Crippen LogP contribution is -2.00. The number of hydrogen-bond donors (Lipinski definition) is 0. The summed E-state index contributed by atoms with van der Waals surface area (Å²) in [7, 11) is -1.29. The third-order valence-electron chi connectivity index (χ3n) is 3.36. The van der Waals surface area contributed by atoms with Crippen LogP contribution < -0.4 is 0 Å². The van der Waals surface area contributed by atoms with Crippen molar-refractivity contribution < 1.29 is 13.1 Å². The Bertz CT molecular complexity index is 898. The smallest absolute Gasteiger partial charge is 0.239 e. The van der Waals surface area contributed by atoms with Crippen molar-refractivity contribution in [3.63, 3.8) is 0 Å². The minimum Gasteiger partial charge on any atom is -0.338 e. The molecule has 24 heavy (non-hydrogen) atoms. The highest BCUT2D eigenvalue weighted by Crippen LogP contribution is 2.21. The lowest BCUT2D eigenvalue weighted by atomic mass is 10.1. The molecule has 0 aliphatic heterocycles. The van der Waals surface area contributed by atoms with Crippen LogP contribution in [0.3, 0.4) is 0 Å². The van der Waals surface area contributed by atoms with Gasteiger partial charge in [0, 0.05) is 21.4 Å². The van der Waals surface area contributed by atoms with Crippen LogP contribution in [0.2, 0.25) is 5.02 Å². The fourth-order valence-electron chi connectivity index (χ4n) is 2.22. The Morgan fingerprint density at radius 1 is 1.21 bits per heavy atom. The van der Waals surface area contributed by atoms with Crippen molar-refractivity contribution in [2.45, 2.75) is 18.4 Å². The summed E-state index contributed by atoms with van der Waals surface area (Å²) in [4.78, 5) is 4.28. The van der Waals surface area contributed by atoms with E-state index in [1.54, 1.807) is 0 Å². The SMILES string of the molecule is Cc1cccc(-c2noc(C[S@](=O)Cc3ccc(F)cc3Cl)n2)c1. The maximum Gasteiger partial charge on any atom is 0.239 e. The number of halogens is 2. The predicted octanol–water partition coefficient (Wildman–Crippen LogP) is 4.29. The van der Waals surface area contributed by atoms with Gasteiger partial charge < -0.3 is 4.52 Å². The maximum absolute atomic E-state index is 13.0. The molecule has 7 heteroatoms. The summed E-state index contributed by atoms with van der Waals surface area (Å²) < 4.78 is 30.4. The summed E-state index contributed by atoms with van der Waals surface area (Å²) in [5.74, 6) is 0.649. The molecular weight excluding hydrogens is 351 g/mol. The summed E-state index contributed by atoms with van der Waals surface area (Å²) in [5.41, 5.74) is 2.56. The van der Waals surface area contributed by atoms with Crippen LogP contribution in [-0.4, -0.2) is 14.3 Å². The summed E-state index contributed by atoms with van der Waals surface area (Å²) >= 11 is 5.95. The monoisotopic (exact) mass is 364 g/mol. The first-order chi connectivity index (χ1) is 11.5. The zero-order valence-electron chi connectivity index (χ0n) is 12.8. The van der Waals surface area contributed by atoms with Gasteiger partial charge in [0.05, 0.1) is 5.75 Å². The molecule has 0 amide bonds. The van der Waals surface area contributed by atoms with Gasteiger partial charge in [0.1, 0.15) is 11.6 Å². The summed E-state index contributed by atoms with van der Waals surface area (Å²) in [6, 6.07) is 11.8. The first-order valence-electron chi connectivity index (χ1n) is 7.20. The van der Waals surface area contributed by atoms with E-state index < -0.39 is 16.6 Å². The van der Waals surface area contributed by atoms with Crippen LogP contribution in [0.25, 0.3) is 11.4 Å². The molecule has 0 spiro atoms. The topological polar surface area (TPSA) is 56.0 Å². The van der Waals surface area contributed by atoms with Crippen molar-refractivity contribution >= 4 is 22.4 Å². The molecule has 1 atom stereocenters. The van der Waals surface area contributed by atoms with E-state index in [0.717, 1.165) is 11.1 Å². The van der Waals surface area contributed by atoms with Crippen molar-refractivity contribution in [3.05, 3.63) is 70.3 Å². The highest BCUT2D eigenvalue weighted by atomic mass is 35.5. The maximum atomic E-state index is 13.0. The number of aryl methyl sites for hydroxylation is 1. The Labute approximate surface area is 146 Å². The molecule has 0 fully saturated rings. The third kappa shape index (κ3) is 4.07. The average molecular weight is 365 g/mol. The van der Waals surface area contributed by atoms with Crippen molar-refractivity contribution in [1.82, 2.24) is 10.1 Å². The molecule has 0 aliphatic rings. The van der Waals surface area contributed by atoms with E-state index in [1.165, 1.54) is 18.2 Å². The fraction of sp³-hybridized carbons (Fsp3) is 0.176. The van der Waals surface area contributed by atoms with Gasteiger partial charge in [-0.05, 0) is 30.7 Å². The van der Waals surface area contributed by atoms with E-state index >= 15 is 0 Å². The zero-order valence-corrected chi connectivity index (χ0v) is 14.4. The van der Waals surface area contributed by atoms with E-state index in [2.05, 4.69) is 10.1 Å². The molecule has 0 radical (unpaired) electrons. The van der Waals surface area contributed by atoms with Crippen molar-refractivity contribution in [1.29, 1.82) is 0 Å². The Morgan fingerprint density at radius 2 is 2.04 bits per heavy atom. The molecule has 0 N–H and O–H groups in total. The number of nitrogens with zero attached hydrogens (tertiary/aromatic N) is 2. The van der Waals surface area contributed by atoms with Gasteiger partial charge in [-0.25, -0.2) is 4.39 Å². The van der Waals surface area contributed by atoms with Crippen molar-refractivity contribution in [2.24, 2.45) is 0 Å². The Morgan fingerprint density at radius 3 is 2.79 bits per heavy atom. The van der Waals surface area contributed by atoms with Crippen LogP contribution >= 0.6 is 11.6 Å². The average Bonchev–Trinajstić information content (AvgIpc) is 2.98. The van der Waals surface area contributed by atoms with E-state index in [0.29, 0.717) is 17.3 Å². The number of aromatic nitrogens is 2. The van der Waals surface area contributed by atoms with Gasteiger partial charge in [-0.3, -0.25) is 4.21 Å². The van der Waals surface area contributed by atoms with Crippen LogP contribution in [0.15, 0.2) is 47.0 Å². The second-order valence-electron chi connectivity index (χ2n) is 5.35. The first kappa shape index (κ1) is 16.8. The molecule has 3 rings (SSSR count). The Kier molecular flexibility index (Phi) is 5.06. The normalized spacial score (nSPS) is 12.3. The van der Waals surface area contributed by atoms with E-state index in [9.17, 15) is 8.60 Å². The zero-order chi connectivity index (χ0) is 17.1. The number of benzene rings is 2. The van der Waals surface area contributed by atoms with Crippen LogP contribution in [0.5, 0.6) is 0 Å². The lowest BCUT2D eigenvalue weighted by molar-refractivity contribution is 0.390. The molecule has 4 nitrogen and oxygen atoms in total. The molecule has 0 aliphatic carbocycles. The summed E-state index contributed by atoms with van der Waals surface area (Å²) in [5, 5.41) is 4.18. The molecule has 0 bridgehead atoms. The number of hydrogen-bond acceptors (Lipinski definition) is 4. The number of rotatable bonds is 5. The van der Waals surface area contributed by atoms with Gasteiger partial charge in [0.25, 0.3) is 0 Å². The van der Waals surface area contributed by atoms with Gasteiger partial charge >= 0.3 is 0 Å². The minimum atomic E-state index is -1.29. The van der Waals surface area contributed by atoms with Gasteiger partial charge in [0.15, 0.2) is 0 Å². The van der Waals surface area contributed by atoms with Gasteiger partial charge in [-0.15, -0.1) is 0 Å². The van der Waals surface area contributed by atoms with Crippen LogP contribution in [0.4, 0.5) is 4.39 Å². The molecular formula is C17H14ClFN2O2S. The Balaban J connectivity index is 1.69. The molecule has 0 unspecified atom stereocenters. The van der Waals surface area contributed by atoms with Crippen molar-refractivity contribution in [2.75, 3.05) is 0 Å². The standard InChI is InChI=1S/C17H14ClFN2O2S/c1-11-3-2-4-12(7-11)17-20-16(23-21-17)10-24(22)9-13-5-6-14(19)8-15(13)18/h2-8H,9-10H2,1H3/t24-/m1/s1. The predicted molar refractivity (Wildman–Crippen MR) is 91.4 cm³/mol. The van der Waals surface area contributed by atoms with E-state index in [1.807, 2.05) is 31.2 Å². The quantitative estimate of drug-likeness (QED) is 0.677. The molecule has 3 aromatic rings. The molecule has 0 saturated carbocycles. The summed E-state index contributed by atoms with van der Waals surface area (Å²) in [6.07, 6.45) is 0. The summed E-state index contributed by atoms with van der Waals surface area (Å²) in [6.45, 7) is 1.98. The van der Waals surface area contributed by atoms with Crippen molar-refractivity contribution in [3.8, 4) is 11.4 Å². The molecule has 1 aromatic heterocycles. The minimum absolute atomic E-state index is 0.118. The Hall–Kier alpha value is -2.05. The molecule has 124 valence electrons. The fourth-order valence-corrected chi connectivity index (χ4v) is 3.62. The van der Waals surface area contributed by atoms with Gasteiger partial charge in [0.2, 0.25) is 11.7 Å². The van der Waals surface area contributed by atoms with E-state index in [4.69, 9.17) is 16.1 Å². The third-order valence-corrected chi connectivity index (χ3v) is 4.91. The second-order valence-corrected chi connectivity index (χ2v) is 7.21. The van der Waals surface area contributed by atoms with Crippen LogP contribution in [0, 0.1) is 12.7 Å². The van der Waals surface area contributed by atoms with Crippen LogP contribution in [0.1, 0.15) is 17.0 Å². The molecule has 1 heterocycles. The molecule has 2 aromatic carbocycles. The largest absolute Gasteiger partial charge is 0.338 e. The molecule has 0 saturated heterocycles. The second kappa shape index (κ2) is 7.23. The van der Waals surface area contributed by atoms with Gasteiger partial charge in [-0.2, -0.15) is 4.98 Å². The highest BCUT2D eigenvalue weighted by Gasteiger charge is 2.13. The lowest BCUT2D eigenvalue weighted by Gasteiger charge is -2.03. The highest BCUT2D eigenvalue weighted by molar-refractivity contribution is 7.83. The van der Waals surface area contributed by atoms with E-state index in [-0.39, 0.29) is 16.5 Å². The first-order valence-corrected chi connectivity index (χ1v) is 9.06. The van der Waals surface area contributed by atoms with Gasteiger partial charge in [-0.1, -0.05) is 46.6 Å². The van der Waals surface area contributed by atoms with Crippen LogP contribution in [-0.2, 0) is 22.3 Å².